The molecule has 7 nitrogen and oxygen atoms in total. The molecule has 0 saturated heterocycles. The highest BCUT2D eigenvalue weighted by molar-refractivity contribution is 7.81. The first-order chi connectivity index (χ1) is 19.1. The van der Waals surface area contributed by atoms with E-state index in [4.69, 9.17) is 11.2 Å². The van der Waals surface area contributed by atoms with Crippen molar-refractivity contribution in [3.63, 3.8) is 0 Å². The van der Waals surface area contributed by atoms with Crippen molar-refractivity contribution < 1.29 is 21.2 Å². The van der Waals surface area contributed by atoms with Crippen LogP contribution in [0.2, 0.25) is 0 Å². The summed E-state index contributed by atoms with van der Waals surface area (Å²) in [4.78, 5) is 17.6. The van der Waals surface area contributed by atoms with Crippen molar-refractivity contribution in [1.29, 1.82) is 0 Å². The first kappa shape index (κ1) is 26.0. The highest BCUT2D eigenvalue weighted by atomic mass is 32.3. The predicted molar refractivity (Wildman–Crippen MR) is 155 cm³/mol. The van der Waals surface area contributed by atoms with E-state index in [0.29, 0.717) is 27.6 Å². The molecule has 204 valence electrons. The van der Waals surface area contributed by atoms with Gasteiger partial charge in [-0.1, -0.05) is 40.8 Å². The Kier molecular flexibility index (Phi) is 6.31. The van der Waals surface area contributed by atoms with Crippen molar-refractivity contribution in [3.8, 4) is 35.0 Å². The van der Waals surface area contributed by atoms with Gasteiger partial charge in [-0.3, -0.25) is 4.79 Å². The van der Waals surface area contributed by atoms with E-state index < -0.39 is 10.5 Å². The van der Waals surface area contributed by atoms with Gasteiger partial charge in [0.15, 0.2) is 5.43 Å². The van der Waals surface area contributed by atoms with Gasteiger partial charge in [-0.05, 0) is 68.7 Å². The second kappa shape index (κ2) is 9.72. The third kappa shape index (κ3) is 4.58. The monoisotopic (exact) mass is 558 g/mol. The predicted octanol–water partition coefficient (Wildman–Crippen LogP) is 6.78. The molecule has 2 aromatic heterocycles. The number of aromatic amines is 1. The maximum atomic E-state index is 14.1. The Morgan fingerprint density at radius 3 is 2.55 bits per heavy atom. The Bertz CT molecular complexity index is 2010. The number of hydrogen-bond acceptors (Lipinski definition) is 5. The molecule has 5 aromatic rings. The molecular weight excluding hydrogens is 531 g/mol. The molecule has 6 rings (SSSR count). The van der Waals surface area contributed by atoms with Crippen LogP contribution in [0.4, 0.5) is 3.89 Å². The fourth-order valence-electron chi connectivity index (χ4n) is 5.84. The van der Waals surface area contributed by atoms with Crippen LogP contribution >= 0.6 is 0 Å². The zero-order chi connectivity index (χ0) is 28.2. The van der Waals surface area contributed by atoms with Gasteiger partial charge in [0.1, 0.15) is 17.1 Å². The van der Waals surface area contributed by atoms with Gasteiger partial charge in [-0.25, -0.2) is 0 Å². The maximum absolute atomic E-state index is 14.1. The van der Waals surface area contributed by atoms with Crippen LogP contribution in [0.1, 0.15) is 51.1 Å². The van der Waals surface area contributed by atoms with Crippen LogP contribution in [0.3, 0.4) is 0 Å². The number of aromatic nitrogens is 2. The molecule has 1 saturated carbocycles. The Morgan fingerprint density at radius 2 is 1.85 bits per heavy atom. The fraction of sp³-hybridized carbons (Fsp3) is 0.258. The van der Waals surface area contributed by atoms with Crippen molar-refractivity contribution in [1.82, 2.24) is 9.55 Å². The van der Waals surface area contributed by atoms with Gasteiger partial charge in [0.2, 0.25) is 0 Å². The number of nitrogens with one attached hydrogen (secondary N) is 1. The molecule has 1 fully saturated rings. The lowest BCUT2D eigenvalue weighted by Crippen LogP contribution is -2.15. The van der Waals surface area contributed by atoms with Crippen LogP contribution in [0.25, 0.3) is 44.0 Å². The van der Waals surface area contributed by atoms with E-state index in [-0.39, 0.29) is 23.3 Å². The van der Waals surface area contributed by atoms with Gasteiger partial charge >= 0.3 is 10.5 Å². The fourth-order valence-corrected chi connectivity index (χ4v) is 6.17. The molecule has 2 heterocycles. The van der Waals surface area contributed by atoms with Crippen molar-refractivity contribution in [3.05, 3.63) is 70.4 Å². The highest BCUT2D eigenvalue weighted by Gasteiger charge is 2.25. The molecule has 0 atom stereocenters. The molecule has 1 aliphatic rings. The van der Waals surface area contributed by atoms with Crippen molar-refractivity contribution in [2.75, 3.05) is 0 Å². The summed E-state index contributed by atoms with van der Waals surface area (Å²) >= 11 is 0. The standard InChI is InChI=1S/C31H27FN2O5S/c1-4-19-12-13-23-26(14-19)33-31-29(23)30(35)25-17-28(38-18(2)3)24(16-27(25)34(31)21-9-5-6-10-21)20-8-7-11-22(15-20)39-40(32,36)37/h1,7-8,11-18,21,33H,5-6,9-10H2,2-3H3. The van der Waals surface area contributed by atoms with Gasteiger partial charge in [-0.15, -0.1) is 6.42 Å². The van der Waals surface area contributed by atoms with E-state index >= 15 is 0 Å². The van der Waals surface area contributed by atoms with Gasteiger partial charge in [0, 0.05) is 28.1 Å². The van der Waals surface area contributed by atoms with Crippen molar-refractivity contribution in [2.24, 2.45) is 0 Å². The van der Waals surface area contributed by atoms with Crippen LogP contribution in [0.15, 0.2) is 59.4 Å². The summed E-state index contributed by atoms with van der Waals surface area (Å²) in [6.07, 6.45) is 9.53. The number of fused-ring (bicyclic) bond motifs is 4. The van der Waals surface area contributed by atoms with E-state index in [0.717, 1.165) is 53.3 Å². The molecule has 1 aliphatic carbocycles. The van der Waals surface area contributed by atoms with E-state index in [2.05, 4.69) is 19.7 Å². The van der Waals surface area contributed by atoms with Crippen LogP contribution in [-0.2, 0) is 10.5 Å². The van der Waals surface area contributed by atoms with E-state index in [1.165, 1.54) is 12.1 Å². The Balaban J connectivity index is 1.71. The summed E-state index contributed by atoms with van der Waals surface area (Å²) in [5, 5.41) is 1.92. The van der Waals surface area contributed by atoms with E-state index in [1.54, 1.807) is 18.2 Å². The summed E-state index contributed by atoms with van der Waals surface area (Å²) in [6.45, 7) is 3.76. The zero-order valence-electron chi connectivity index (χ0n) is 22.0. The average molecular weight is 559 g/mol. The van der Waals surface area contributed by atoms with Crippen LogP contribution in [0, 0.1) is 12.3 Å². The Morgan fingerprint density at radius 1 is 1.07 bits per heavy atom. The summed E-state index contributed by atoms with van der Waals surface area (Å²) in [5.74, 6) is 2.94. The van der Waals surface area contributed by atoms with E-state index in [1.807, 2.05) is 38.1 Å². The van der Waals surface area contributed by atoms with Crippen molar-refractivity contribution in [2.45, 2.75) is 51.7 Å². The molecule has 0 unspecified atom stereocenters. The summed E-state index contributed by atoms with van der Waals surface area (Å²) < 4.78 is 48.4. The summed E-state index contributed by atoms with van der Waals surface area (Å²) in [7, 11) is -5.20. The third-order valence-corrected chi connectivity index (χ3v) is 7.80. The number of hydrogen-bond donors (Lipinski definition) is 1. The normalized spacial score (nSPS) is 14.4. The lowest BCUT2D eigenvalue weighted by Gasteiger charge is -2.22. The lowest BCUT2D eigenvalue weighted by atomic mass is 9.99. The molecule has 40 heavy (non-hydrogen) atoms. The molecular formula is C31H27FN2O5S. The molecule has 0 aliphatic heterocycles. The Hall–Kier alpha value is -4.29. The Labute approximate surface area is 230 Å². The first-order valence-electron chi connectivity index (χ1n) is 13.2. The minimum Gasteiger partial charge on any atom is -0.490 e. The SMILES string of the molecule is C#Cc1ccc2c(c1)[nH]c1c2c(=O)c2cc(OC(C)C)c(-c3cccc(OS(=O)(=O)F)c3)cc2n1C1CCCC1. The van der Waals surface area contributed by atoms with Gasteiger partial charge < -0.3 is 18.5 Å². The quantitative estimate of drug-likeness (QED) is 0.183. The van der Waals surface area contributed by atoms with Crippen LogP contribution in [0.5, 0.6) is 11.5 Å². The minimum absolute atomic E-state index is 0.125. The number of nitrogens with zero attached hydrogens (tertiary/aromatic N) is 1. The third-order valence-electron chi connectivity index (χ3n) is 7.41. The molecule has 0 bridgehead atoms. The number of pyridine rings is 1. The lowest BCUT2D eigenvalue weighted by molar-refractivity contribution is 0.244. The average Bonchev–Trinajstić information content (AvgIpc) is 3.56. The number of rotatable bonds is 6. The zero-order valence-corrected chi connectivity index (χ0v) is 22.8. The first-order valence-corrected chi connectivity index (χ1v) is 14.5. The molecule has 3 aromatic carbocycles. The van der Waals surface area contributed by atoms with Crippen LogP contribution in [-0.4, -0.2) is 24.1 Å². The number of ether oxygens (including phenoxy) is 1. The number of terminal acetylenes is 1. The minimum atomic E-state index is -5.20. The molecule has 0 spiro atoms. The van der Waals surface area contributed by atoms with Crippen molar-refractivity contribution >= 4 is 43.3 Å². The second-order valence-electron chi connectivity index (χ2n) is 10.4. The van der Waals surface area contributed by atoms with Gasteiger partial charge in [0.05, 0.1) is 22.4 Å². The van der Waals surface area contributed by atoms with E-state index in [9.17, 15) is 17.1 Å². The number of halogens is 1. The number of benzene rings is 3. The van der Waals surface area contributed by atoms with Gasteiger partial charge in [-0.2, -0.15) is 8.42 Å². The topological polar surface area (TPSA) is 90.4 Å². The maximum Gasteiger partial charge on any atom is 0.488 e. The summed E-state index contributed by atoms with van der Waals surface area (Å²) in [6, 6.07) is 15.6. The smallest absolute Gasteiger partial charge is 0.488 e. The van der Waals surface area contributed by atoms with Gasteiger partial charge in [0.25, 0.3) is 0 Å². The summed E-state index contributed by atoms with van der Waals surface area (Å²) in [5.41, 5.74) is 4.02. The molecule has 0 amide bonds. The molecule has 0 radical (unpaired) electrons. The molecule has 9 heteroatoms. The largest absolute Gasteiger partial charge is 0.490 e. The second-order valence-corrected chi connectivity index (χ2v) is 11.4. The molecule has 1 N–H and O–H groups in total. The highest BCUT2D eigenvalue weighted by Crippen LogP contribution is 2.41. The number of H-pyrrole nitrogens is 1. The van der Waals surface area contributed by atoms with Crippen LogP contribution < -0.4 is 14.3 Å².